The third-order valence-electron chi connectivity index (χ3n) is 4.78. The lowest BCUT2D eigenvalue weighted by Crippen LogP contribution is -2.42. The first kappa shape index (κ1) is 15.7. The Morgan fingerprint density at radius 1 is 1.00 bits per heavy atom. The Hall–Kier alpha value is -3.54. The van der Waals surface area contributed by atoms with Gasteiger partial charge in [0.05, 0.1) is 12.5 Å². The molecule has 0 saturated carbocycles. The third kappa shape index (κ3) is 2.41. The van der Waals surface area contributed by atoms with Crippen molar-refractivity contribution in [1.29, 1.82) is 0 Å². The van der Waals surface area contributed by atoms with Crippen LogP contribution < -0.4 is 4.74 Å². The van der Waals surface area contributed by atoms with E-state index in [1.54, 1.807) is 35.8 Å². The van der Waals surface area contributed by atoms with Crippen LogP contribution in [0.25, 0.3) is 10.9 Å². The summed E-state index contributed by atoms with van der Waals surface area (Å²) in [5.41, 5.74) is 1.57. The molecule has 0 aliphatic carbocycles. The highest BCUT2D eigenvalue weighted by Gasteiger charge is 2.42. The van der Waals surface area contributed by atoms with Crippen molar-refractivity contribution in [2.45, 2.75) is 19.2 Å². The number of carbonyl (C=O) groups is 1. The van der Waals surface area contributed by atoms with Crippen molar-refractivity contribution in [3.8, 4) is 5.75 Å². The Kier molecular flexibility index (Phi) is 3.50. The minimum atomic E-state index is -0.715. The van der Waals surface area contributed by atoms with E-state index >= 15 is 0 Å². The van der Waals surface area contributed by atoms with Crippen LogP contribution in [0.15, 0.2) is 76.1 Å². The van der Waals surface area contributed by atoms with Crippen LogP contribution in [0.5, 0.6) is 5.75 Å². The maximum atomic E-state index is 12.6. The van der Waals surface area contributed by atoms with Gasteiger partial charge in [-0.2, -0.15) is 0 Å². The number of nitrogens with zero attached hydrogens (tertiary/aromatic N) is 2. The first-order valence-corrected chi connectivity index (χ1v) is 8.64. The molecule has 1 aliphatic heterocycles. The Morgan fingerprint density at radius 2 is 1.78 bits per heavy atom. The van der Waals surface area contributed by atoms with Crippen LogP contribution in [0.3, 0.4) is 0 Å². The van der Waals surface area contributed by atoms with Crippen molar-refractivity contribution < 1.29 is 18.4 Å². The second-order valence-corrected chi connectivity index (χ2v) is 6.39. The predicted molar refractivity (Wildman–Crippen MR) is 96.9 cm³/mol. The molecule has 6 nitrogen and oxygen atoms in total. The van der Waals surface area contributed by atoms with E-state index in [2.05, 4.69) is 4.98 Å². The lowest BCUT2D eigenvalue weighted by molar-refractivity contribution is -0.145. The lowest BCUT2D eigenvalue weighted by atomic mass is 9.96. The van der Waals surface area contributed by atoms with E-state index in [9.17, 15) is 4.79 Å². The molecule has 27 heavy (non-hydrogen) atoms. The number of amides is 1. The molecule has 1 amide bonds. The zero-order valence-corrected chi connectivity index (χ0v) is 14.5. The topological polar surface area (TPSA) is 68.7 Å². The van der Waals surface area contributed by atoms with Gasteiger partial charge in [-0.3, -0.25) is 14.7 Å². The minimum Gasteiger partial charge on any atom is -0.467 e. The van der Waals surface area contributed by atoms with Gasteiger partial charge in [-0.05, 0) is 30.3 Å². The minimum absolute atomic E-state index is 0.149. The molecule has 0 bridgehead atoms. The van der Waals surface area contributed by atoms with Gasteiger partial charge in [0.2, 0.25) is 12.1 Å². The van der Waals surface area contributed by atoms with Gasteiger partial charge in [0.15, 0.2) is 11.5 Å². The van der Waals surface area contributed by atoms with Gasteiger partial charge in [-0.25, -0.2) is 0 Å². The monoisotopic (exact) mass is 360 g/mol. The average molecular weight is 360 g/mol. The highest BCUT2D eigenvalue weighted by atomic mass is 16.5. The quantitative estimate of drug-likeness (QED) is 0.528. The summed E-state index contributed by atoms with van der Waals surface area (Å²) in [4.78, 5) is 18.8. The number of hydrogen-bond donors (Lipinski definition) is 0. The molecular formula is C21H16N2O4. The van der Waals surface area contributed by atoms with Gasteiger partial charge < -0.3 is 13.6 Å². The Bertz CT molecular complexity index is 1100. The maximum absolute atomic E-state index is 12.6. The maximum Gasteiger partial charge on any atom is 0.234 e. The van der Waals surface area contributed by atoms with Crippen molar-refractivity contribution >= 4 is 16.8 Å². The summed E-state index contributed by atoms with van der Waals surface area (Å²) in [5, 5.41) is 0.962. The number of pyridine rings is 1. The van der Waals surface area contributed by atoms with Crippen molar-refractivity contribution in [2.75, 3.05) is 0 Å². The average Bonchev–Trinajstić information content (AvgIpc) is 3.40. The van der Waals surface area contributed by atoms with Crippen molar-refractivity contribution in [2.24, 2.45) is 0 Å². The highest BCUT2D eigenvalue weighted by Crippen LogP contribution is 2.47. The summed E-state index contributed by atoms with van der Waals surface area (Å²) < 4.78 is 17.6. The molecule has 4 aromatic rings. The molecule has 0 fully saturated rings. The van der Waals surface area contributed by atoms with Gasteiger partial charge in [-0.15, -0.1) is 0 Å². The van der Waals surface area contributed by atoms with Gasteiger partial charge in [0, 0.05) is 24.1 Å². The number of aromatic nitrogens is 1. The van der Waals surface area contributed by atoms with Gasteiger partial charge >= 0.3 is 0 Å². The fourth-order valence-electron chi connectivity index (χ4n) is 3.64. The number of furan rings is 2. The molecule has 134 valence electrons. The molecule has 6 heteroatoms. The Morgan fingerprint density at radius 3 is 2.48 bits per heavy atom. The molecule has 1 aliphatic rings. The first-order chi connectivity index (χ1) is 13.2. The van der Waals surface area contributed by atoms with Crippen molar-refractivity contribution in [3.05, 3.63) is 84.3 Å². The van der Waals surface area contributed by atoms with E-state index in [1.165, 1.54) is 6.92 Å². The SMILES string of the molecule is CC(=O)N1C(c2ccco2)Oc2c(ccc3cccnc23)C1c1ccco1. The van der Waals surface area contributed by atoms with Crippen molar-refractivity contribution in [1.82, 2.24) is 9.88 Å². The van der Waals surface area contributed by atoms with Crippen LogP contribution in [-0.4, -0.2) is 15.8 Å². The predicted octanol–water partition coefficient (Wildman–Crippen LogP) is 4.45. The van der Waals surface area contributed by atoms with Crippen LogP contribution >= 0.6 is 0 Å². The third-order valence-corrected chi connectivity index (χ3v) is 4.78. The number of benzene rings is 1. The largest absolute Gasteiger partial charge is 0.467 e. The molecule has 4 heterocycles. The normalized spacial score (nSPS) is 18.9. The zero-order valence-electron chi connectivity index (χ0n) is 14.5. The first-order valence-electron chi connectivity index (χ1n) is 8.64. The van der Waals surface area contributed by atoms with Gasteiger partial charge in [0.1, 0.15) is 17.3 Å². The van der Waals surface area contributed by atoms with Crippen LogP contribution in [0.4, 0.5) is 0 Å². The summed E-state index contributed by atoms with van der Waals surface area (Å²) in [7, 11) is 0. The fourth-order valence-corrected chi connectivity index (χ4v) is 3.64. The van der Waals surface area contributed by atoms with Crippen molar-refractivity contribution in [3.63, 3.8) is 0 Å². The standard InChI is InChI=1S/C21H16N2O4/c1-13(24)23-19(16-6-3-11-25-16)15-9-8-14-5-2-10-22-18(14)20(15)27-21(23)17-7-4-12-26-17/h2-12,19,21H,1H3. The smallest absolute Gasteiger partial charge is 0.234 e. The molecule has 2 unspecified atom stereocenters. The van der Waals surface area contributed by atoms with Crippen LogP contribution in [0.2, 0.25) is 0 Å². The van der Waals surface area contributed by atoms with Crippen LogP contribution in [0.1, 0.15) is 36.3 Å². The second-order valence-electron chi connectivity index (χ2n) is 6.39. The van der Waals surface area contributed by atoms with E-state index < -0.39 is 12.3 Å². The fraction of sp³-hybridized carbons (Fsp3) is 0.143. The number of fused-ring (bicyclic) bond motifs is 3. The second kappa shape index (κ2) is 6.02. The molecule has 0 spiro atoms. The van der Waals surface area contributed by atoms with E-state index in [4.69, 9.17) is 13.6 Å². The summed E-state index contributed by atoms with van der Waals surface area (Å²) in [6.45, 7) is 1.51. The summed E-state index contributed by atoms with van der Waals surface area (Å²) in [5.74, 6) is 1.68. The van der Waals surface area contributed by atoms with E-state index in [0.717, 1.165) is 16.5 Å². The number of carbonyl (C=O) groups excluding carboxylic acids is 1. The highest BCUT2D eigenvalue weighted by molar-refractivity contribution is 5.87. The molecular weight excluding hydrogens is 344 g/mol. The molecule has 0 saturated heterocycles. The summed E-state index contributed by atoms with van der Waals surface area (Å²) >= 11 is 0. The van der Waals surface area contributed by atoms with Gasteiger partial charge in [-0.1, -0.05) is 18.2 Å². The van der Waals surface area contributed by atoms with E-state index in [1.807, 2.05) is 36.4 Å². The lowest BCUT2D eigenvalue weighted by Gasteiger charge is -2.40. The molecule has 3 aromatic heterocycles. The Labute approximate surface area is 155 Å². The molecule has 5 rings (SSSR count). The summed E-state index contributed by atoms with van der Waals surface area (Å²) in [6, 6.07) is 14.6. The molecule has 0 radical (unpaired) electrons. The number of rotatable bonds is 2. The van der Waals surface area contributed by atoms with E-state index in [0.29, 0.717) is 17.3 Å². The molecule has 2 atom stereocenters. The molecule has 1 aromatic carbocycles. The number of hydrogen-bond acceptors (Lipinski definition) is 5. The van der Waals surface area contributed by atoms with Crippen LogP contribution in [0, 0.1) is 0 Å². The number of ether oxygens (including phenoxy) is 1. The molecule has 0 N–H and O–H groups in total. The van der Waals surface area contributed by atoms with E-state index in [-0.39, 0.29) is 5.91 Å². The van der Waals surface area contributed by atoms with Gasteiger partial charge in [0.25, 0.3) is 0 Å². The summed E-state index contributed by atoms with van der Waals surface area (Å²) in [6.07, 6.45) is 4.18. The zero-order chi connectivity index (χ0) is 18.4. The van der Waals surface area contributed by atoms with Crippen LogP contribution in [-0.2, 0) is 4.79 Å². The Balaban J connectivity index is 1.79.